The standard InChI is InChI=1S/C19H16BrCl2NO5/c20-13-3-1-12(2-4-13)16(24)10-28-19(26)7-8-23-18(25)11-27-17-6-5-14(21)9-15(17)22/h1-6,9H,7-8,10-11H2,(H,23,25). The molecule has 0 aliphatic carbocycles. The minimum atomic E-state index is -0.590. The van der Waals surface area contributed by atoms with Crippen molar-refractivity contribution < 1.29 is 23.9 Å². The minimum absolute atomic E-state index is 0.0574. The Balaban J connectivity index is 1.63. The molecule has 1 amide bonds. The number of esters is 1. The molecule has 0 radical (unpaired) electrons. The first-order valence-corrected chi connectivity index (χ1v) is 9.69. The van der Waals surface area contributed by atoms with Crippen LogP contribution in [0, 0.1) is 0 Å². The number of amides is 1. The second-order valence-electron chi connectivity index (χ2n) is 5.55. The molecule has 0 fully saturated rings. The summed E-state index contributed by atoms with van der Waals surface area (Å²) in [6.45, 7) is -0.563. The van der Waals surface area contributed by atoms with Crippen molar-refractivity contribution in [2.45, 2.75) is 6.42 Å². The molecule has 0 saturated heterocycles. The Morgan fingerprint density at radius 1 is 1.00 bits per heavy atom. The first kappa shape index (κ1) is 22.2. The van der Waals surface area contributed by atoms with Gasteiger partial charge in [-0.25, -0.2) is 0 Å². The van der Waals surface area contributed by atoms with Gasteiger partial charge in [-0.1, -0.05) is 51.3 Å². The van der Waals surface area contributed by atoms with Crippen LogP contribution in [0.1, 0.15) is 16.8 Å². The van der Waals surface area contributed by atoms with Gasteiger partial charge < -0.3 is 14.8 Å². The summed E-state index contributed by atoms with van der Waals surface area (Å²) in [6.07, 6.45) is -0.0684. The van der Waals surface area contributed by atoms with E-state index in [4.69, 9.17) is 32.7 Å². The fraction of sp³-hybridized carbons (Fsp3) is 0.211. The Kier molecular flexibility index (Phi) is 8.76. The average molecular weight is 489 g/mol. The molecule has 0 heterocycles. The van der Waals surface area contributed by atoms with Crippen LogP contribution < -0.4 is 10.1 Å². The first-order valence-electron chi connectivity index (χ1n) is 8.14. The van der Waals surface area contributed by atoms with Gasteiger partial charge in [0.25, 0.3) is 5.91 Å². The van der Waals surface area contributed by atoms with E-state index in [2.05, 4.69) is 21.2 Å². The second kappa shape index (κ2) is 11.0. The summed E-state index contributed by atoms with van der Waals surface area (Å²) in [7, 11) is 0. The van der Waals surface area contributed by atoms with Crippen molar-refractivity contribution >= 4 is 56.8 Å². The number of carbonyl (C=O) groups excluding carboxylic acids is 3. The van der Waals surface area contributed by atoms with Gasteiger partial charge in [0, 0.05) is 21.6 Å². The maximum atomic E-state index is 11.9. The van der Waals surface area contributed by atoms with Gasteiger partial charge in [-0.3, -0.25) is 14.4 Å². The highest BCUT2D eigenvalue weighted by Gasteiger charge is 2.11. The normalized spacial score (nSPS) is 10.2. The summed E-state index contributed by atoms with van der Waals surface area (Å²) in [5.41, 5.74) is 0.447. The lowest BCUT2D eigenvalue weighted by Gasteiger charge is -2.09. The smallest absolute Gasteiger partial charge is 0.308 e. The van der Waals surface area contributed by atoms with E-state index >= 15 is 0 Å². The largest absolute Gasteiger partial charge is 0.482 e. The van der Waals surface area contributed by atoms with Gasteiger partial charge in [0.1, 0.15) is 5.75 Å². The summed E-state index contributed by atoms with van der Waals surface area (Å²) in [6, 6.07) is 11.4. The van der Waals surface area contributed by atoms with E-state index < -0.39 is 11.9 Å². The third-order valence-electron chi connectivity index (χ3n) is 3.43. The third kappa shape index (κ3) is 7.50. The van der Waals surface area contributed by atoms with Gasteiger partial charge in [0.2, 0.25) is 0 Å². The molecular formula is C19H16BrCl2NO5. The molecule has 1 N–H and O–H groups in total. The van der Waals surface area contributed by atoms with Gasteiger partial charge in [-0.15, -0.1) is 0 Å². The van der Waals surface area contributed by atoms with Gasteiger partial charge >= 0.3 is 5.97 Å². The lowest BCUT2D eigenvalue weighted by molar-refractivity contribution is -0.142. The van der Waals surface area contributed by atoms with Crippen LogP contribution in [0.3, 0.4) is 0 Å². The number of hydrogen-bond acceptors (Lipinski definition) is 5. The van der Waals surface area contributed by atoms with Crippen LogP contribution in [0.2, 0.25) is 10.0 Å². The van der Waals surface area contributed by atoms with Crippen molar-refractivity contribution in [3.8, 4) is 5.75 Å². The van der Waals surface area contributed by atoms with Crippen molar-refractivity contribution in [2.24, 2.45) is 0 Å². The number of benzene rings is 2. The molecule has 2 aromatic rings. The van der Waals surface area contributed by atoms with Crippen molar-refractivity contribution in [1.29, 1.82) is 0 Å². The van der Waals surface area contributed by atoms with E-state index in [-0.39, 0.29) is 32.0 Å². The van der Waals surface area contributed by atoms with E-state index in [0.717, 1.165) is 4.47 Å². The summed E-state index contributed by atoms with van der Waals surface area (Å²) in [4.78, 5) is 35.3. The Morgan fingerprint density at radius 3 is 2.39 bits per heavy atom. The fourth-order valence-electron chi connectivity index (χ4n) is 2.03. The molecule has 0 spiro atoms. The van der Waals surface area contributed by atoms with Gasteiger partial charge in [-0.2, -0.15) is 0 Å². The molecule has 6 nitrogen and oxygen atoms in total. The molecular weight excluding hydrogens is 473 g/mol. The topological polar surface area (TPSA) is 81.7 Å². The predicted octanol–water partition coefficient (Wildman–Crippen LogP) is 4.07. The van der Waals surface area contributed by atoms with Crippen LogP contribution in [0.5, 0.6) is 5.75 Å². The Hall–Kier alpha value is -2.09. The van der Waals surface area contributed by atoms with Crippen molar-refractivity contribution in [1.82, 2.24) is 5.32 Å². The predicted molar refractivity (Wildman–Crippen MR) is 109 cm³/mol. The number of ether oxygens (including phenoxy) is 2. The number of carbonyl (C=O) groups is 3. The second-order valence-corrected chi connectivity index (χ2v) is 7.31. The van der Waals surface area contributed by atoms with Gasteiger partial charge in [-0.05, 0) is 30.3 Å². The van der Waals surface area contributed by atoms with Gasteiger partial charge in [0.15, 0.2) is 19.0 Å². The summed E-state index contributed by atoms with van der Waals surface area (Å²) in [5, 5.41) is 3.26. The highest BCUT2D eigenvalue weighted by molar-refractivity contribution is 9.10. The Bertz CT molecular complexity index is 858. The van der Waals surface area contributed by atoms with Crippen molar-refractivity contribution in [3.63, 3.8) is 0 Å². The first-order chi connectivity index (χ1) is 13.3. The van der Waals surface area contributed by atoms with E-state index in [9.17, 15) is 14.4 Å². The van der Waals surface area contributed by atoms with E-state index in [1.165, 1.54) is 6.07 Å². The quantitative estimate of drug-likeness (QED) is 0.425. The molecule has 0 unspecified atom stereocenters. The van der Waals surface area contributed by atoms with E-state index in [0.29, 0.717) is 21.4 Å². The number of Topliss-reactive ketones (excluding diaryl/α,β-unsaturated/α-hetero) is 1. The molecule has 9 heteroatoms. The van der Waals surface area contributed by atoms with Crippen LogP contribution >= 0.6 is 39.1 Å². The summed E-state index contributed by atoms with van der Waals surface area (Å²) >= 11 is 15.0. The molecule has 0 bridgehead atoms. The number of hydrogen-bond donors (Lipinski definition) is 1. The molecule has 0 aromatic heterocycles. The number of halogens is 3. The number of nitrogens with one attached hydrogen (secondary N) is 1. The van der Waals surface area contributed by atoms with Crippen LogP contribution in [0.25, 0.3) is 0 Å². The van der Waals surface area contributed by atoms with Gasteiger partial charge in [0.05, 0.1) is 11.4 Å². The molecule has 0 aliphatic heterocycles. The Morgan fingerprint density at radius 2 is 1.71 bits per heavy atom. The van der Waals surface area contributed by atoms with Crippen LogP contribution in [-0.4, -0.2) is 37.4 Å². The minimum Gasteiger partial charge on any atom is -0.482 e. The summed E-state index contributed by atoms with van der Waals surface area (Å²) in [5.74, 6) is -0.998. The SMILES string of the molecule is O=C(COc1ccc(Cl)cc1Cl)NCCC(=O)OCC(=O)c1ccc(Br)cc1. The lowest BCUT2D eigenvalue weighted by Crippen LogP contribution is -2.31. The van der Waals surface area contributed by atoms with E-state index in [1.807, 2.05) is 0 Å². The molecule has 2 rings (SSSR count). The van der Waals surface area contributed by atoms with Crippen LogP contribution in [0.4, 0.5) is 0 Å². The monoisotopic (exact) mass is 487 g/mol. The van der Waals surface area contributed by atoms with Crippen molar-refractivity contribution in [3.05, 3.63) is 62.5 Å². The maximum Gasteiger partial charge on any atom is 0.308 e. The number of ketones is 1. The molecule has 0 saturated carbocycles. The fourth-order valence-corrected chi connectivity index (χ4v) is 2.76. The molecule has 0 atom stereocenters. The lowest BCUT2D eigenvalue weighted by atomic mass is 10.1. The highest BCUT2D eigenvalue weighted by atomic mass is 79.9. The maximum absolute atomic E-state index is 11.9. The highest BCUT2D eigenvalue weighted by Crippen LogP contribution is 2.27. The molecule has 2 aromatic carbocycles. The number of rotatable bonds is 9. The zero-order valence-electron chi connectivity index (χ0n) is 14.5. The summed E-state index contributed by atoms with van der Waals surface area (Å²) < 4.78 is 11.0. The zero-order valence-corrected chi connectivity index (χ0v) is 17.6. The average Bonchev–Trinajstić information content (AvgIpc) is 2.66. The zero-order chi connectivity index (χ0) is 20.5. The Labute approximate surface area is 180 Å². The van der Waals surface area contributed by atoms with E-state index in [1.54, 1.807) is 36.4 Å². The molecule has 0 aliphatic rings. The molecule has 28 heavy (non-hydrogen) atoms. The third-order valence-corrected chi connectivity index (χ3v) is 4.49. The van der Waals surface area contributed by atoms with Crippen molar-refractivity contribution in [2.75, 3.05) is 19.8 Å². The van der Waals surface area contributed by atoms with Crippen LogP contribution in [0.15, 0.2) is 46.9 Å². The molecule has 148 valence electrons. The van der Waals surface area contributed by atoms with Crippen LogP contribution in [-0.2, 0) is 14.3 Å².